The van der Waals surface area contributed by atoms with Gasteiger partial charge in [0.15, 0.2) is 5.76 Å². The number of rotatable bonds is 7. The molecule has 0 N–H and O–H groups in total. The number of nitrogens with zero attached hydrogens (tertiary/aromatic N) is 3. The molecule has 0 aliphatic rings. The summed E-state index contributed by atoms with van der Waals surface area (Å²) < 4.78 is 19.6. The Balaban J connectivity index is 1.48. The van der Waals surface area contributed by atoms with Crippen molar-refractivity contribution in [2.45, 2.75) is 6.61 Å². The van der Waals surface area contributed by atoms with E-state index in [2.05, 4.69) is 21.0 Å². The van der Waals surface area contributed by atoms with Crippen LogP contribution in [0.3, 0.4) is 0 Å². The molecule has 40 heavy (non-hydrogen) atoms. The highest BCUT2D eigenvalue weighted by Crippen LogP contribution is 2.34. The lowest BCUT2D eigenvalue weighted by atomic mass is 10.2. The van der Waals surface area contributed by atoms with E-state index in [0.717, 1.165) is 10.9 Å². The normalized spacial score (nSPS) is 11.5. The summed E-state index contributed by atoms with van der Waals surface area (Å²) in [6.07, 6.45) is 1.53. The fraction of sp³-hybridized carbons (Fsp3) is 0.0645. The molecule has 0 radical (unpaired) electrons. The average molecular weight is 615 g/mol. The lowest BCUT2D eigenvalue weighted by molar-refractivity contribution is 0.304. The van der Waals surface area contributed by atoms with Crippen molar-refractivity contribution in [2.24, 2.45) is 5.10 Å². The monoisotopic (exact) mass is 613 g/mol. The summed E-state index contributed by atoms with van der Waals surface area (Å²) in [6.45, 7) is 0.339. The molecule has 0 saturated heterocycles. The second kappa shape index (κ2) is 11.0. The molecular formula is C31H21BrClN3O4. The Labute approximate surface area is 242 Å². The van der Waals surface area contributed by atoms with Gasteiger partial charge in [0.25, 0.3) is 5.56 Å². The maximum absolute atomic E-state index is 13.7. The van der Waals surface area contributed by atoms with Gasteiger partial charge in [-0.05, 0) is 64.0 Å². The highest BCUT2D eigenvalue weighted by molar-refractivity contribution is 9.10. The first-order valence-corrected chi connectivity index (χ1v) is 13.5. The van der Waals surface area contributed by atoms with E-state index in [1.807, 2.05) is 54.6 Å². The molecular weight excluding hydrogens is 594 g/mol. The van der Waals surface area contributed by atoms with Crippen LogP contribution < -0.4 is 15.0 Å². The Bertz CT molecular complexity index is 1950. The third kappa shape index (κ3) is 4.99. The van der Waals surface area contributed by atoms with E-state index in [-0.39, 0.29) is 11.4 Å². The van der Waals surface area contributed by atoms with E-state index in [1.54, 1.807) is 43.5 Å². The number of methoxy groups -OCH3 is 1. The molecule has 0 amide bonds. The van der Waals surface area contributed by atoms with Gasteiger partial charge in [-0.3, -0.25) is 4.79 Å². The standard InChI is InChI=1S/C31H21BrClN3O4/c1-38-26-12-7-13-27-23(26)16-28(40-27)30-35-25-11-6-5-10-22(25)31(37)36(30)34-17-20-14-21(33)15-24(32)29(20)39-18-19-8-3-2-4-9-19/h2-17H,18H2,1H3. The fourth-order valence-electron chi connectivity index (χ4n) is 4.39. The summed E-state index contributed by atoms with van der Waals surface area (Å²) >= 11 is 9.93. The van der Waals surface area contributed by atoms with Crippen LogP contribution in [0.15, 0.2) is 110 Å². The Kier molecular flexibility index (Phi) is 7.11. The number of aromatic nitrogens is 2. The smallest absolute Gasteiger partial charge is 0.282 e. The Morgan fingerprint density at radius 1 is 1.00 bits per heavy atom. The van der Waals surface area contributed by atoms with Crippen LogP contribution in [0.2, 0.25) is 5.02 Å². The van der Waals surface area contributed by atoms with Gasteiger partial charge < -0.3 is 13.9 Å². The van der Waals surface area contributed by atoms with Gasteiger partial charge in [0, 0.05) is 10.6 Å². The molecule has 0 unspecified atom stereocenters. The van der Waals surface area contributed by atoms with Crippen LogP contribution >= 0.6 is 27.5 Å². The van der Waals surface area contributed by atoms with Crippen molar-refractivity contribution >= 4 is 55.6 Å². The molecule has 7 nitrogen and oxygen atoms in total. The molecule has 198 valence electrons. The lowest BCUT2D eigenvalue weighted by Gasteiger charge is -2.12. The van der Waals surface area contributed by atoms with Gasteiger partial charge in [-0.25, -0.2) is 4.98 Å². The Morgan fingerprint density at radius 2 is 1.80 bits per heavy atom. The van der Waals surface area contributed by atoms with Crippen LogP contribution in [-0.2, 0) is 6.61 Å². The number of benzene rings is 4. The van der Waals surface area contributed by atoms with Gasteiger partial charge in [0.05, 0.1) is 34.1 Å². The summed E-state index contributed by atoms with van der Waals surface area (Å²) in [4.78, 5) is 18.4. The summed E-state index contributed by atoms with van der Waals surface area (Å²) in [6, 6.07) is 27.7. The molecule has 0 aliphatic heterocycles. The maximum atomic E-state index is 13.7. The van der Waals surface area contributed by atoms with Gasteiger partial charge in [-0.1, -0.05) is 60.1 Å². The van der Waals surface area contributed by atoms with Crippen molar-refractivity contribution in [1.82, 2.24) is 9.66 Å². The molecule has 6 aromatic rings. The third-order valence-corrected chi connectivity index (χ3v) is 7.10. The molecule has 0 bridgehead atoms. The number of hydrogen-bond acceptors (Lipinski definition) is 6. The average Bonchev–Trinajstić information content (AvgIpc) is 3.41. The second-order valence-corrected chi connectivity index (χ2v) is 10.2. The Hall–Kier alpha value is -4.40. The first kappa shape index (κ1) is 25.9. The van der Waals surface area contributed by atoms with E-state index in [1.165, 1.54) is 10.9 Å². The van der Waals surface area contributed by atoms with Crippen molar-refractivity contribution in [2.75, 3.05) is 7.11 Å². The minimum absolute atomic E-state index is 0.242. The van der Waals surface area contributed by atoms with Crippen LogP contribution in [0.25, 0.3) is 33.5 Å². The minimum Gasteiger partial charge on any atom is -0.496 e. The quantitative estimate of drug-likeness (QED) is 0.172. The molecule has 2 aromatic heterocycles. The first-order valence-electron chi connectivity index (χ1n) is 12.3. The third-order valence-electron chi connectivity index (χ3n) is 6.29. The largest absolute Gasteiger partial charge is 0.496 e. The van der Waals surface area contributed by atoms with E-state index >= 15 is 0 Å². The molecule has 0 aliphatic carbocycles. The molecule has 0 fully saturated rings. The topological polar surface area (TPSA) is 78.9 Å². The molecule has 2 heterocycles. The molecule has 9 heteroatoms. The number of ether oxygens (including phenoxy) is 2. The molecule has 0 atom stereocenters. The Morgan fingerprint density at radius 3 is 2.62 bits per heavy atom. The first-order chi connectivity index (χ1) is 19.5. The van der Waals surface area contributed by atoms with Gasteiger partial charge in [0.1, 0.15) is 23.7 Å². The van der Waals surface area contributed by atoms with E-state index in [4.69, 9.17) is 30.5 Å². The second-order valence-electron chi connectivity index (χ2n) is 8.88. The molecule has 4 aromatic carbocycles. The zero-order valence-corrected chi connectivity index (χ0v) is 23.5. The van der Waals surface area contributed by atoms with Gasteiger partial charge >= 0.3 is 0 Å². The van der Waals surface area contributed by atoms with Gasteiger partial charge in [-0.2, -0.15) is 9.78 Å². The van der Waals surface area contributed by atoms with Crippen LogP contribution in [0.4, 0.5) is 0 Å². The zero-order valence-electron chi connectivity index (χ0n) is 21.2. The van der Waals surface area contributed by atoms with E-state index in [9.17, 15) is 4.79 Å². The lowest BCUT2D eigenvalue weighted by Crippen LogP contribution is -2.20. The van der Waals surface area contributed by atoms with Crippen LogP contribution in [0.1, 0.15) is 11.1 Å². The minimum atomic E-state index is -0.350. The van der Waals surface area contributed by atoms with Crippen LogP contribution in [0, 0.1) is 0 Å². The van der Waals surface area contributed by atoms with Crippen molar-refractivity contribution in [3.8, 4) is 23.1 Å². The van der Waals surface area contributed by atoms with Crippen molar-refractivity contribution in [1.29, 1.82) is 0 Å². The number of fused-ring (bicyclic) bond motifs is 2. The van der Waals surface area contributed by atoms with E-state index in [0.29, 0.717) is 55.4 Å². The summed E-state index contributed by atoms with van der Waals surface area (Å²) in [5.74, 6) is 1.79. The number of halogens is 2. The van der Waals surface area contributed by atoms with Crippen LogP contribution in [-0.4, -0.2) is 23.0 Å². The highest BCUT2D eigenvalue weighted by atomic mass is 79.9. The SMILES string of the molecule is COc1cccc2oc(-c3nc4ccccc4c(=O)n3N=Cc3cc(Cl)cc(Br)c3OCc3ccccc3)cc12. The highest BCUT2D eigenvalue weighted by Gasteiger charge is 2.18. The maximum Gasteiger partial charge on any atom is 0.282 e. The predicted octanol–water partition coefficient (Wildman–Crippen LogP) is 7.70. The molecule has 0 spiro atoms. The van der Waals surface area contributed by atoms with Crippen molar-refractivity contribution in [3.63, 3.8) is 0 Å². The number of hydrogen-bond donors (Lipinski definition) is 0. The summed E-state index contributed by atoms with van der Waals surface area (Å²) in [5, 5.41) is 6.24. The number of furan rings is 1. The van der Waals surface area contributed by atoms with Gasteiger partial charge in [-0.15, -0.1) is 0 Å². The van der Waals surface area contributed by atoms with Crippen molar-refractivity contribution in [3.05, 3.63) is 122 Å². The van der Waals surface area contributed by atoms with E-state index < -0.39 is 0 Å². The number of para-hydroxylation sites is 1. The summed E-state index contributed by atoms with van der Waals surface area (Å²) in [7, 11) is 1.59. The predicted molar refractivity (Wildman–Crippen MR) is 161 cm³/mol. The van der Waals surface area contributed by atoms with Crippen molar-refractivity contribution < 1.29 is 13.9 Å². The molecule has 6 rings (SSSR count). The molecule has 0 saturated carbocycles. The van der Waals surface area contributed by atoms with Crippen LogP contribution in [0.5, 0.6) is 11.5 Å². The zero-order chi connectivity index (χ0) is 27.6. The van der Waals surface area contributed by atoms with Gasteiger partial charge in [0.2, 0.25) is 5.82 Å². The fourth-order valence-corrected chi connectivity index (χ4v) is 5.34. The summed E-state index contributed by atoms with van der Waals surface area (Å²) in [5.41, 5.74) is 2.36.